The summed E-state index contributed by atoms with van der Waals surface area (Å²) in [6.07, 6.45) is 0.214. The van der Waals surface area contributed by atoms with Crippen molar-refractivity contribution in [2.24, 2.45) is 0 Å². The predicted molar refractivity (Wildman–Crippen MR) is 101 cm³/mol. The van der Waals surface area contributed by atoms with Gasteiger partial charge in [-0.25, -0.2) is 8.78 Å². The fourth-order valence-corrected chi connectivity index (χ4v) is 3.07. The van der Waals surface area contributed by atoms with Gasteiger partial charge in [-0.1, -0.05) is 18.2 Å². The lowest BCUT2D eigenvalue weighted by Gasteiger charge is -2.08. The first kappa shape index (κ1) is 18.7. The van der Waals surface area contributed by atoms with E-state index in [0.717, 1.165) is 22.6 Å². The molecule has 3 aromatic rings. The number of anilines is 1. The normalized spacial score (nSPS) is 10.4. The van der Waals surface area contributed by atoms with E-state index in [1.165, 1.54) is 0 Å². The van der Waals surface area contributed by atoms with Crippen LogP contribution in [-0.2, 0) is 17.8 Å². The minimum atomic E-state index is -0.925. The number of carbonyl (C=O) groups is 2. The Bertz CT molecular complexity index is 941. The van der Waals surface area contributed by atoms with Gasteiger partial charge >= 0.3 is 0 Å². The Morgan fingerprint density at radius 1 is 1.00 bits per heavy atom. The Morgan fingerprint density at radius 3 is 2.44 bits per heavy atom. The summed E-state index contributed by atoms with van der Waals surface area (Å²) < 4.78 is 26.6. The number of halogens is 2. The second-order valence-electron chi connectivity index (χ2n) is 5.81. The van der Waals surface area contributed by atoms with Gasteiger partial charge in [0.2, 0.25) is 5.91 Å². The van der Waals surface area contributed by atoms with Crippen molar-refractivity contribution in [2.45, 2.75) is 13.0 Å². The van der Waals surface area contributed by atoms with E-state index in [4.69, 9.17) is 0 Å². The molecule has 0 radical (unpaired) electrons. The van der Waals surface area contributed by atoms with Gasteiger partial charge in [-0.2, -0.15) is 0 Å². The van der Waals surface area contributed by atoms with E-state index in [-0.39, 0.29) is 17.9 Å². The van der Waals surface area contributed by atoms with Crippen LogP contribution in [0.3, 0.4) is 0 Å². The van der Waals surface area contributed by atoms with Crippen molar-refractivity contribution < 1.29 is 18.4 Å². The van der Waals surface area contributed by atoms with Crippen LogP contribution in [0.4, 0.5) is 14.5 Å². The zero-order valence-corrected chi connectivity index (χ0v) is 15.0. The van der Waals surface area contributed by atoms with Gasteiger partial charge in [0.25, 0.3) is 5.91 Å². The molecule has 0 aliphatic carbocycles. The summed E-state index contributed by atoms with van der Waals surface area (Å²) in [7, 11) is 0. The quantitative estimate of drug-likeness (QED) is 0.669. The maximum absolute atomic E-state index is 13.6. The lowest BCUT2D eigenvalue weighted by molar-refractivity contribution is -0.120. The van der Waals surface area contributed by atoms with Crippen molar-refractivity contribution in [3.8, 4) is 0 Å². The highest BCUT2D eigenvalue weighted by molar-refractivity contribution is 7.09. The van der Waals surface area contributed by atoms with Crippen LogP contribution in [0.25, 0.3) is 0 Å². The second kappa shape index (κ2) is 8.55. The molecular formula is C20H16F2N2O2S. The summed E-state index contributed by atoms with van der Waals surface area (Å²) in [6.45, 7) is 0.494. The summed E-state index contributed by atoms with van der Waals surface area (Å²) in [5.41, 5.74) is 0.990. The molecule has 1 heterocycles. The molecule has 2 N–H and O–H groups in total. The van der Waals surface area contributed by atoms with Crippen molar-refractivity contribution in [2.75, 3.05) is 5.32 Å². The molecule has 0 unspecified atom stereocenters. The van der Waals surface area contributed by atoms with Gasteiger partial charge in [0, 0.05) is 16.6 Å². The molecule has 0 aliphatic heterocycles. The first-order valence-electron chi connectivity index (χ1n) is 8.15. The molecule has 2 aromatic carbocycles. The Kier molecular flexibility index (Phi) is 5.93. The highest BCUT2D eigenvalue weighted by Gasteiger charge is 2.13. The Morgan fingerprint density at radius 2 is 1.78 bits per heavy atom. The summed E-state index contributed by atoms with van der Waals surface area (Å²) >= 11 is 1.58. The van der Waals surface area contributed by atoms with Gasteiger partial charge in [-0.3, -0.25) is 9.59 Å². The molecule has 1 aromatic heterocycles. The lowest BCUT2D eigenvalue weighted by Crippen LogP contribution is -2.24. The molecule has 0 aliphatic rings. The number of hydrogen-bond donors (Lipinski definition) is 2. The van der Waals surface area contributed by atoms with E-state index >= 15 is 0 Å². The van der Waals surface area contributed by atoms with E-state index in [1.807, 2.05) is 17.5 Å². The maximum Gasteiger partial charge on any atom is 0.258 e. The number of carbonyl (C=O) groups excluding carboxylic acids is 2. The molecule has 2 amide bonds. The average molecular weight is 386 g/mol. The monoisotopic (exact) mass is 386 g/mol. The Hall–Kier alpha value is -3.06. The molecule has 27 heavy (non-hydrogen) atoms. The number of amides is 2. The van der Waals surface area contributed by atoms with Crippen LogP contribution in [-0.4, -0.2) is 11.8 Å². The summed E-state index contributed by atoms with van der Waals surface area (Å²) in [5, 5.41) is 7.33. The molecule has 0 fully saturated rings. The van der Waals surface area contributed by atoms with Crippen molar-refractivity contribution in [1.82, 2.24) is 5.32 Å². The largest absolute Gasteiger partial charge is 0.351 e. The van der Waals surface area contributed by atoms with Gasteiger partial charge in [-0.05, 0) is 41.3 Å². The third kappa shape index (κ3) is 5.21. The fourth-order valence-electron chi connectivity index (χ4n) is 2.42. The SMILES string of the molecule is O=C(Cc1ccc(NC(=O)c2ccc(F)cc2F)cc1)NCc1cccs1. The molecule has 7 heteroatoms. The summed E-state index contributed by atoms with van der Waals surface area (Å²) in [5.74, 6) is -2.44. The summed E-state index contributed by atoms with van der Waals surface area (Å²) in [4.78, 5) is 25.1. The van der Waals surface area contributed by atoms with Gasteiger partial charge in [-0.15, -0.1) is 11.3 Å². The zero-order chi connectivity index (χ0) is 19.2. The van der Waals surface area contributed by atoms with Gasteiger partial charge in [0.05, 0.1) is 18.5 Å². The molecule has 0 bridgehead atoms. The first-order valence-corrected chi connectivity index (χ1v) is 9.03. The molecule has 3 rings (SSSR count). The van der Waals surface area contributed by atoms with E-state index < -0.39 is 17.5 Å². The van der Waals surface area contributed by atoms with Crippen molar-refractivity contribution in [1.29, 1.82) is 0 Å². The van der Waals surface area contributed by atoms with Crippen LogP contribution in [0.5, 0.6) is 0 Å². The minimum Gasteiger partial charge on any atom is -0.351 e. The third-order valence-electron chi connectivity index (χ3n) is 3.79. The van der Waals surface area contributed by atoms with Crippen LogP contribution >= 0.6 is 11.3 Å². The number of rotatable bonds is 6. The first-order chi connectivity index (χ1) is 13.0. The molecule has 0 saturated carbocycles. The van der Waals surface area contributed by atoms with Crippen molar-refractivity contribution in [3.05, 3.63) is 87.6 Å². The van der Waals surface area contributed by atoms with Crippen LogP contribution < -0.4 is 10.6 Å². The molecule has 138 valence electrons. The second-order valence-corrected chi connectivity index (χ2v) is 6.84. The van der Waals surface area contributed by atoms with E-state index in [2.05, 4.69) is 10.6 Å². The smallest absolute Gasteiger partial charge is 0.258 e. The number of nitrogens with one attached hydrogen (secondary N) is 2. The molecular weight excluding hydrogens is 370 g/mol. The topological polar surface area (TPSA) is 58.2 Å². The maximum atomic E-state index is 13.6. The van der Waals surface area contributed by atoms with Gasteiger partial charge in [0.1, 0.15) is 11.6 Å². The van der Waals surface area contributed by atoms with Gasteiger partial charge < -0.3 is 10.6 Å². The zero-order valence-electron chi connectivity index (χ0n) is 14.2. The standard InChI is InChI=1S/C20H16F2N2O2S/c21-14-5-8-17(18(22)11-14)20(26)24-15-6-3-13(4-7-15)10-19(25)23-12-16-2-1-9-27-16/h1-9,11H,10,12H2,(H,23,25)(H,24,26). The van der Waals surface area contributed by atoms with Crippen LogP contribution in [0, 0.1) is 11.6 Å². The predicted octanol–water partition coefficient (Wildman–Crippen LogP) is 4.14. The number of benzene rings is 2. The highest BCUT2D eigenvalue weighted by Crippen LogP contribution is 2.15. The molecule has 4 nitrogen and oxygen atoms in total. The third-order valence-corrected chi connectivity index (χ3v) is 4.67. The fraction of sp³-hybridized carbons (Fsp3) is 0.100. The van der Waals surface area contributed by atoms with E-state index in [1.54, 1.807) is 35.6 Å². The minimum absolute atomic E-state index is 0.103. The van der Waals surface area contributed by atoms with Crippen LogP contribution in [0.15, 0.2) is 60.0 Å². The lowest BCUT2D eigenvalue weighted by atomic mass is 10.1. The van der Waals surface area contributed by atoms with Crippen molar-refractivity contribution >= 4 is 28.8 Å². The van der Waals surface area contributed by atoms with Gasteiger partial charge in [0.15, 0.2) is 0 Å². The van der Waals surface area contributed by atoms with Crippen molar-refractivity contribution in [3.63, 3.8) is 0 Å². The van der Waals surface area contributed by atoms with E-state index in [9.17, 15) is 18.4 Å². The summed E-state index contributed by atoms with van der Waals surface area (Å²) in [6, 6.07) is 13.3. The van der Waals surface area contributed by atoms with E-state index in [0.29, 0.717) is 18.3 Å². The number of thiophene rings is 1. The molecule has 0 saturated heterocycles. The van der Waals surface area contributed by atoms with Crippen LogP contribution in [0.2, 0.25) is 0 Å². The molecule has 0 atom stereocenters. The van der Waals surface area contributed by atoms with Crippen LogP contribution in [0.1, 0.15) is 20.8 Å². The average Bonchev–Trinajstić information content (AvgIpc) is 3.15. The Labute approximate surface area is 158 Å². The molecule has 0 spiro atoms. The number of hydrogen-bond acceptors (Lipinski definition) is 3. The highest BCUT2D eigenvalue weighted by atomic mass is 32.1. The Balaban J connectivity index is 1.55.